The van der Waals surface area contributed by atoms with Crippen molar-refractivity contribution < 1.29 is 14.4 Å². The Balaban J connectivity index is 2.29. The first-order valence-electron chi connectivity index (χ1n) is 5.31. The quantitative estimate of drug-likeness (QED) is 0.672. The Morgan fingerprint density at radius 1 is 1.31 bits per heavy atom. The van der Waals surface area contributed by atoms with E-state index < -0.39 is 11.8 Å². The highest BCUT2D eigenvalue weighted by Crippen LogP contribution is 2.02. The van der Waals surface area contributed by atoms with Gasteiger partial charge in [0.05, 0.1) is 0 Å². The Bertz CT molecular complexity index is 316. The first-order valence-corrected chi connectivity index (χ1v) is 5.31. The number of nitrogens with zero attached hydrogens (tertiary/aromatic N) is 1. The number of hydrogen-bond donors (Lipinski definition) is 1. The van der Waals surface area contributed by atoms with Crippen molar-refractivity contribution in [3.05, 3.63) is 12.2 Å². The molecule has 0 fully saturated rings. The maximum Gasteiger partial charge on any atom is 0.254 e. The molecule has 0 aromatic rings. The Morgan fingerprint density at radius 3 is 2.38 bits per heavy atom. The molecule has 0 aromatic carbocycles. The van der Waals surface area contributed by atoms with Crippen LogP contribution in [0, 0.1) is 5.92 Å². The van der Waals surface area contributed by atoms with Gasteiger partial charge in [0, 0.05) is 18.7 Å². The molecule has 5 heteroatoms. The van der Waals surface area contributed by atoms with Gasteiger partial charge in [-0.3, -0.25) is 19.3 Å². The molecule has 1 rings (SSSR count). The largest absolute Gasteiger partial charge is 0.355 e. The predicted molar refractivity (Wildman–Crippen MR) is 58.3 cm³/mol. The van der Waals surface area contributed by atoms with Crippen molar-refractivity contribution in [3.8, 4) is 0 Å². The van der Waals surface area contributed by atoms with Gasteiger partial charge >= 0.3 is 0 Å². The molecule has 3 amide bonds. The summed E-state index contributed by atoms with van der Waals surface area (Å²) < 4.78 is 0. The van der Waals surface area contributed by atoms with Gasteiger partial charge in [-0.05, 0) is 12.3 Å². The van der Waals surface area contributed by atoms with Crippen molar-refractivity contribution in [2.45, 2.75) is 20.3 Å². The lowest BCUT2D eigenvalue weighted by Crippen LogP contribution is -2.40. The van der Waals surface area contributed by atoms with Crippen molar-refractivity contribution in [1.82, 2.24) is 10.2 Å². The van der Waals surface area contributed by atoms with Crippen LogP contribution in [-0.2, 0) is 14.4 Å². The van der Waals surface area contributed by atoms with Crippen LogP contribution in [-0.4, -0.2) is 35.7 Å². The van der Waals surface area contributed by atoms with E-state index in [1.54, 1.807) is 0 Å². The molecule has 0 spiro atoms. The Hall–Kier alpha value is -1.65. The van der Waals surface area contributed by atoms with E-state index >= 15 is 0 Å². The lowest BCUT2D eigenvalue weighted by atomic mass is 10.1. The first-order chi connectivity index (χ1) is 7.50. The number of hydrogen-bond acceptors (Lipinski definition) is 3. The molecule has 16 heavy (non-hydrogen) atoms. The van der Waals surface area contributed by atoms with Gasteiger partial charge in [0.15, 0.2) is 0 Å². The van der Waals surface area contributed by atoms with Crippen LogP contribution in [0.2, 0.25) is 0 Å². The Kier molecular flexibility index (Phi) is 4.22. The van der Waals surface area contributed by atoms with Crippen LogP contribution in [0.1, 0.15) is 20.3 Å². The number of rotatable bonds is 5. The zero-order valence-corrected chi connectivity index (χ0v) is 9.53. The van der Waals surface area contributed by atoms with E-state index in [4.69, 9.17) is 0 Å². The predicted octanol–water partition coefficient (Wildman–Crippen LogP) is 0.0737. The highest BCUT2D eigenvalue weighted by molar-refractivity contribution is 6.14. The Morgan fingerprint density at radius 2 is 1.88 bits per heavy atom. The fraction of sp³-hybridized carbons (Fsp3) is 0.545. The molecule has 1 N–H and O–H groups in total. The molecular formula is C11H16N2O3. The van der Waals surface area contributed by atoms with Crippen LogP contribution < -0.4 is 5.32 Å². The van der Waals surface area contributed by atoms with Crippen molar-refractivity contribution >= 4 is 17.7 Å². The third-order valence-electron chi connectivity index (χ3n) is 2.25. The third-order valence-corrected chi connectivity index (χ3v) is 2.25. The molecule has 1 heterocycles. The fourth-order valence-corrected chi connectivity index (χ4v) is 1.29. The summed E-state index contributed by atoms with van der Waals surface area (Å²) in [5.41, 5.74) is 0. The molecule has 0 aliphatic carbocycles. The maximum atomic E-state index is 11.4. The molecule has 0 unspecified atom stereocenters. The second-order valence-electron chi connectivity index (χ2n) is 4.13. The van der Waals surface area contributed by atoms with E-state index in [2.05, 4.69) is 19.2 Å². The molecule has 1 aliphatic rings. The molecule has 1 aliphatic heterocycles. The van der Waals surface area contributed by atoms with Crippen molar-refractivity contribution in [2.24, 2.45) is 5.92 Å². The summed E-state index contributed by atoms with van der Waals surface area (Å²) >= 11 is 0. The van der Waals surface area contributed by atoms with E-state index in [1.165, 1.54) is 12.2 Å². The number of amides is 3. The second-order valence-corrected chi connectivity index (χ2v) is 4.13. The summed E-state index contributed by atoms with van der Waals surface area (Å²) in [5.74, 6) is -0.643. The number of nitrogens with one attached hydrogen (secondary N) is 1. The molecule has 0 aromatic heterocycles. The molecular weight excluding hydrogens is 208 g/mol. The van der Waals surface area contributed by atoms with Gasteiger partial charge in [0.1, 0.15) is 6.54 Å². The minimum Gasteiger partial charge on any atom is -0.355 e. The lowest BCUT2D eigenvalue weighted by molar-refractivity contribution is -0.141. The standard InChI is InChI=1S/C11H16N2O3/c1-8(2)5-6-12-9(14)7-13-10(15)3-4-11(13)16/h3-4,8H,5-7H2,1-2H3,(H,12,14). The zero-order chi connectivity index (χ0) is 12.1. The molecule has 0 bridgehead atoms. The highest BCUT2D eigenvalue weighted by Gasteiger charge is 2.25. The minimum absolute atomic E-state index is 0.192. The van der Waals surface area contributed by atoms with Crippen molar-refractivity contribution in [3.63, 3.8) is 0 Å². The molecule has 0 saturated heterocycles. The lowest BCUT2D eigenvalue weighted by Gasteiger charge is -2.13. The summed E-state index contributed by atoms with van der Waals surface area (Å²) in [7, 11) is 0. The van der Waals surface area contributed by atoms with E-state index in [0.29, 0.717) is 12.5 Å². The van der Waals surface area contributed by atoms with E-state index in [1.807, 2.05) is 0 Å². The number of imide groups is 1. The van der Waals surface area contributed by atoms with Crippen molar-refractivity contribution in [1.29, 1.82) is 0 Å². The normalized spacial score (nSPS) is 15.1. The second kappa shape index (κ2) is 5.44. The summed E-state index contributed by atoms with van der Waals surface area (Å²) in [4.78, 5) is 34.6. The minimum atomic E-state index is -0.427. The fourth-order valence-electron chi connectivity index (χ4n) is 1.29. The highest BCUT2D eigenvalue weighted by atomic mass is 16.2. The van der Waals surface area contributed by atoms with Gasteiger partial charge < -0.3 is 5.32 Å². The van der Waals surface area contributed by atoms with Crippen LogP contribution in [0.4, 0.5) is 0 Å². The van der Waals surface area contributed by atoms with Gasteiger partial charge in [-0.2, -0.15) is 0 Å². The molecule has 5 nitrogen and oxygen atoms in total. The van der Waals surface area contributed by atoms with E-state index in [0.717, 1.165) is 11.3 Å². The van der Waals surface area contributed by atoms with Crippen LogP contribution >= 0.6 is 0 Å². The smallest absolute Gasteiger partial charge is 0.254 e. The average Bonchev–Trinajstić information content (AvgIpc) is 2.49. The van der Waals surface area contributed by atoms with Gasteiger partial charge in [-0.15, -0.1) is 0 Å². The maximum absolute atomic E-state index is 11.4. The van der Waals surface area contributed by atoms with Gasteiger partial charge in [-0.1, -0.05) is 13.8 Å². The SMILES string of the molecule is CC(C)CCNC(=O)CN1C(=O)C=CC1=O. The zero-order valence-electron chi connectivity index (χ0n) is 9.53. The van der Waals surface area contributed by atoms with Crippen LogP contribution in [0.25, 0.3) is 0 Å². The van der Waals surface area contributed by atoms with E-state index in [-0.39, 0.29) is 12.5 Å². The van der Waals surface area contributed by atoms with Gasteiger partial charge in [0.25, 0.3) is 11.8 Å². The van der Waals surface area contributed by atoms with Gasteiger partial charge in [-0.25, -0.2) is 0 Å². The number of carbonyl (C=O) groups is 3. The summed E-state index contributed by atoms with van der Waals surface area (Å²) in [6.45, 7) is 4.50. The Labute approximate surface area is 94.5 Å². The van der Waals surface area contributed by atoms with Crippen molar-refractivity contribution in [2.75, 3.05) is 13.1 Å². The average molecular weight is 224 g/mol. The summed E-state index contributed by atoms with van der Waals surface area (Å²) in [5, 5.41) is 2.67. The van der Waals surface area contributed by atoms with E-state index in [9.17, 15) is 14.4 Å². The summed E-state index contributed by atoms with van der Waals surface area (Å²) in [6, 6.07) is 0. The molecule has 0 saturated carbocycles. The van der Waals surface area contributed by atoms with Gasteiger partial charge in [0.2, 0.25) is 5.91 Å². The molecule has 0 radical (unpaired) electrons. The first kappa shape index (κ1) is 12.4. The third kappa shape index (κ3) is 3.49. The molecule has 88 valence electrons. The summed E-state index contributed by atoms with van der Waals surface area (Å²) in [6.07, 6.45) is 3.22. The number of carbonyl (C=O) groups excluding carboxylic acids is 3. The molecule has 0 atom stereocenters. The topological polar surface area (TPSA) is 66.5 Å². The van der Waals surface area contributed by atoms with Crippen LogP contribution in [0.5, 0.6) is 0 Å². The monoisotopic (exact) mass is 224 g/mol. The van der Waals surface area contributed by atoms with Crippen LogP contribution in [0.3, 0.4) is 0 Å². The van der Waals surface area contributed by atoms with Crippen LogP contribution in [0.15, 0.2) is 12.2 Å².